The third kappa shape index (κ3) is 2.86. The predicted octanol–water partition coefficient (Wildman–Crippen LogP) is 1.22. The highest BCUT2D eigenvalue weighted by molar-refractivity contribution is 7.89. The maximum atomic E-state index is 12.9. The van der Waals surface area contributed by atoms with Gasteiger partial charge in [-0.05, 0) is 50.2 Å². The average molecular weight is 337 g/mol. The minimum atomic E-state index is -3.50. The second-order valence-electron chi connectivity index (χ2n) is 6.87. The van der Waals surface area contributed by atoms with Gasteiger partial charge in [-0.3, -0.25) is 0 Å². The van der Waals surface area contributed by atoms with E-state index in [1.165, 1.54) is 0 Å². The molecule has 126 valence electrons. The van der Waals surface area contributed by atoms with E-state index in [9.17, 15) is 13.5 Å². The van der Waals surface area contributed by atoms with Gasteiger partial charge in [0.1, 0.15) is 5.82 Å². The predicted molar refractivity (Wildman–Crippen MR) is 86.7 cm³/mol. The number of aromatic nitrogens is 1. The first-order valence-corrected chi connectivity index (χ1v) is 9.91. The molecule has 1 saturated carbocycles. The number of fused-ring (bicyclic) bond motifs is 1. The Morgan fingerprint density at radius 1 is 1.13 bits per heavy atom. The van der Waals surface area contributed by atoms with Crippen molar-refractivity contribution in [1.29, 1.82) is 0 Å². The van der Waals surface area contributed by atoms with Crippen LogP contribution >= 0.6 is 0 Å². The number of hydrogen-bond acceptors (Lipinski definition) is 5. The third-order valence-corrected chi connectivity index (χ3v) is 7.11. The fourth-order valence-electron chi connectivity index (χ4n) is 3.81. The van der Waals surface area contributed by atoms with Gasteiger partial charge in [0.15, 0.2) is 5.03 Å². The standard InChI is InChI=1S/C16H23N3O3S/c20-13-6-9-18(10-7-13)15-4-1-5-16(17-15)23(21,22)19-8-2-3-12-11-14(12)19/h1,4-5,12-14,20H,2-3,6-11H2. The first-order valence-electron chi connectivity index (χ1n) is 8.47. The van der Waals surface area contributed by atoms with Crippen molar-refractivity contribution in [3.8, 4) is 0 Å². The second-order valence-corrected chi connectivity index (χ2v) is 8.71. The number of piperidine rings is 2. The van der Waals surface area contributed by atoms with Gasteiger partial charge in [0.2, 0.25) is 0 Å². The summed E-state index contributed by atoms with van der Waals surface area (Å²) < 4.78 is 27.5. The van der Waals surface area contributed by atoms with E-state index in [4.69, 9.17) is 0 Å². The summed E-state index contributed by atoms with van der Waals surface area (Å²) >= 11 is 0. The van der Waals surface area contributed by atoms with E-state index in [-0.39, 0.29) is 17.2 Å². The lowest BCUT2D eigenvalue weighted by Crippen LogP contribution is -2.39. The Kier molecular flexibility index (Phi) is 3.82. The summed E-state index contributed by atoms with van der Waals surface area (Å²) in [5.74, 6) is 1.26. The molecular formula is C16H23N3O3S. The molecule has 4 rings (SSSR count). The Hall–Kier alpha value is -1.18. The molecule has 3 aliphatic rings. The Labute approximate surface area is 137 Å². The van der Waals surface area contributed by atoms with Gasteiger partial charge < -0.3 is 10.0 Å². The molecule has 2 atom stereocenters. The van der Waals surface area contributed by atoms with Crippen LogP contribution in [0.5, 0.6) is 0 Å². The zero-order valence-corrected chi connectivity index (χ0v) is 14.0. The minimum Gasteiger partial charge on any atom is -0.393 e. The molecule has 23 heavy (non-hydrogen) atoms. The van der Waals surface area contributed by atoms with Gasteiger partial charge in [-0.2, -0.15) is 4.31 Å². The Morgan fingerprint density at radius 3 is 2.70 bits per heavy atom. The van der Waals surface area contributed by atoms with E-state index in [0.29, 0.717) is 44.2 Å². The summed E-state index contributed by atoms with van der Waals surface area (Å²) in [5.41, 5.74) is 0. The van der Waals surface area contributed by atoms with E-state index in [1.54, 1.807) is 16.4 Å². The van der Waals surface area contributed by atoms with Gasteiger partial charge in [0.25, 0.3) is 10.0 Å². The molecule has 1 N–H and O–H groups in total. The number of hydrogen-bond donors (Lipinski definition) is 1. The fourth-order valence-corrected chi connectivity index (χ4v) is 5.49. The van der Waals surface area contributed by atoms with Crippen LogP contribution in [-0.2, 0) is 10.0 Å². The molecule has 1 aliphatic carbocycles. The summed E-state index contributed by atoms with van der Waals surface area (Å²) in [4.78, 5) is 6.49. The largest absolute Gasteiger partial charge is 0.393 e. The molecule has 6 nitrogen and oxygen atoms in total. The molecule has 0 spiro atoms. The second kappa shape index (κ2) is 5.72. The van der Waals surface area contributed by atoms with Crippen LogP contribution in [0.3, 0.4) is 0 Å². The van der Waals surface area contributed by atoms with Crippen LogP contribution < -0.4 is 4.90 Å². The lowest BCUT2D eigenvalue weighted by Gasteiger charge is -2.31. The molecule has 0 radical (unpaired) electrons. The lowest BCUT2D eigenvalue weighted by molar-refractivity contribution is 0.145. The van der Waals surface area contributed by atoms with Crippen LogP contribution in [0.1, 0.15) is 32.1 Å². The van der Waals surface area contributed by atoms with Crippen LogP contribution in [-0.4, -0.2) is 54.6 Å². The maximum absolute atomic E-state index is 12.9. The summed E-state index contributed by atoms with van der Waals surface area (Å²) in [6.45, 7) is 2.05. The molecule has 0 aromatic carbocycles. The lowest BCUT2D eigenvalue weighted by atomic mass is 10.1. The maximum Gasteiger partial charge on any atom is 0.260 e. The third-order valence-electron chi connectivity index (χ3n) is 5.28. The number of pyridine rings is 1. The van der Waals surface area contributed by atoms with Gasteiger partial charge in [-0.1, -0.05) is 6.07 Å². The number of aliphatic hydroxyl groups excluding tert-OH is 1. The van der Waals surface area contributed by atoms with Crippen molar-refractivity contribution in [3.63, 3.8) is 0 Å². The number of rotatable bonds is 3. The normalized spacial score (nSPS) is 29.3. The highest BCUT2D eigenvalue weighted by Crippen LogP contribution is 2.45. The SMILES string of the molecule is O=S(=O)(c1cccc(N2CCC(O)CC2)n1)N1CCCC2CC21. The molecule has 0 amide bonds. The average Bonchev–Trinajstić information content (AvgIpc) is 3.35. The van der Waals surface area contributed by atoms with Gasteiger partial charge in [0.05, 0.1) is 6.10 Å². The smallest absolute Gasteiger partial charge is 0.260 e. The van der Waals surface area contributed by atoms with Crippen LogP contribution in [0.2, 0.25) is 0 Å². The van der Waals surface area contributed by atoms with E-state index in [1.807, 2.05) is 6.07 Å². The van der Waals surface area contributed by atoms with Crippen molar-refractivity contribution in [2.75, 3.05) is 24.5 Å². The first kappa shape index (κ1) is 15.4. The Bertz CT molecular complexity index is 686. The topological polar surface area (TPSA) is 73.7 Å². The zero-order chi connectivity index (χ0) is 16.0. The molecule has 1 aromatic rings. The molecular weight excluding hydrogens is 314 g/mol. The molecule has 2 saturated heterocycles. The van der Waals surface area contributed by atoms with Gasteiger partial charge in [-0.15, -0.1) is 0 Å². The highest BCUT2D eigenvalue weighted by atomic mass is 32.2. The fraction of sp³-hybridized carbons (Fsp3) is 0.688. The molecule has 1 aromatic heterocycles. The van der Waals surface area contributed by atoms with E-state index in [2.05, 4.69) is 9.88 Å². The first-order chi connectivity index (χ1) is 11.1. The summed E-state index contributed by atoms with van der Waals surface area (Å²) in [7, 11) is -3.50. The molecule has 3 fully saturated rings. The van der Waals surface area contributed by atoms with E-state index < -0.39 is 10.0 Å². The molecule has 2 aliphatic heterocycles. The van der Waals surface area contributed by atoms with Crippen LogP contribution in [0.15, 0.2) is 23.2 Å². The van der Waals surface area contributed by atoms with Crippen molar-refractivity contribution >= 4 is 15.8 Å². The van der Waals surface area contributed by atoms with E-state index >= 15 is 0 Å². The van der Waals surface area contributed by atoms with Gasteiger partial charge in [-0.25, -0.2) is 13.4 Å². The highest BCUT2D eigenvalue weighted by Gasteiger charge is 2.49. The van der Waals surface area contributed by atoms with Crippen LogP contribution in [0.25, 0.3) is 0 Å². The van der Waals surface area contributed by atoms with Crippen molar-refractivity contribution < 1.29 is 13.5 Å². The Balaban J connectivity index is 1.58. The molecule has 7 heteroatoms. The van der Waals surface area contributed by atoms with Crippen LogP contribution in [0, 0.1) is 5.92 Å². The molecule has 2 unspecified atom stereocenters. The van der Waals surface area contributed by atoms with Crippen molar-refractivity contribution in [1.82, 2.24) is 9.29 Å². The number of nitrogens with zero attached hydrogens (tertiary/aromatic N) is 3. The minimum absolute atomic E-state index is 0.161. The molecule has 0 bridgehead atoms. The van der Waals surface area contributed by atoms with Gasteiger partial charge >= 0.3 is 0 Å². The quantitative estimate of drug-likeness (QED) is 0.898. The van der Waals surface area contributed by atoms with Crippen molar-refractivity contribution in [2.45, 2.75) is 49.3 Å². The number of sulfonamides is 1. The van der Waals surface area contributed by atoms with Crippen molar-refractivity contribution in [3.05, 3.63) is 18.2 Å². The molecule has 3 heterocycles. The van der Waals surface area contributed by atoms with Crippen molar-refractivity contribution in [2.24, 2.45) is 5.92 Å². The summed E-state index contributed by atoms with van der Waals surface area (Å²) in [5, 5.41) is 9.77. The monoisotopic (exact) mass is 337 g/mol. The van der Waals surface area contributed by atoms with Crippen LogP contribution in [0.4, 0.5) is 5.82 Å². The summed E-state index contributed by atoms with van der Waals surface area (Å²) in [6.07, 6.45) is 4.26. The Morgan fingerprint density at radius 2 is 1.91 bits per heavy atom. The zero-order valence-electron chi connectivity index (χ0n) is 13.1. The number of anilines is 1. The van der Waals surface area contributed by atoms with E-state index in [0.717, 1.165) is 19.3 Å². The number of aliphatic hydroxyl groups is 1. The van der Waals surface area contributed by atoms with Gasteiger partial charge in [0, 0.05) is 25.7 Å². The summed E-state index contributed by atoms with van der Waals surface area (Å²) in [6, 6.07) is 5.43.